The summed E-state index contributed by atoms with van der Waals surface area (Å²) in [4.78, 5) is 2.63. The van der Waals surface area contributed by atoms with Crippen molar-refractivity contribution in [2.24, 2.45) is 11.8 Å². The zero-order valence-electron chi connectivity index (χ0n) is 11.0. The van der Waals surface area contributed by atoms with E-state index in [-0.39, 0.29) is 0 Å². The van der Waals surface area contributed by atoms with E-state index in [1.807, 2.05) is 0 Å². The zero-order chi connectivity index (χ0) is 11.4. The molecule has 0 bridgehead atoms. The second kappa shape index (κ2) is 6.02. The molecule has 0 aromatic carbocycles. The predicted molar refractivity (Wildman–Crippen MR) is 69.6 cm³/mol. The second-order valence-corrected chi connectivity index (χ2v) is 6.04. The molecule has 2 aliphatic rings. The molecule has 1 saturated heterocycles. The first-order chi connectivity index (χ1) is 7.75. The van der Waals surface area contributed by atoms with Crippen molar-refractivity contribution < 1.29 is 0 Å². The lowest BCUT2D eigenvalue weighted by molar-refractivity contribution is 0.273. The third-order valence-electron chi connectivity index (χ3n) is 4.36. The summed E-state index contributed by atoms with van der Waals surface area (Å²) < 4.78 is 0. The van der Waals surface area contributed by atoms with Gasteiger partial charge in [0.25, 0.3) is 0 Å². The molecule has 1 N–H and O–H groups in total. The topological polar surface area (TPSA) is 15.3 Å². The smallest absolute Gasteiger partial charge is 0.00928 e. The molecule has 0 aromatic rings. The van der Waals surface area contributed by atoms with Gasteiger partial charge in [-0.15, -0.1) is 0 Å². The summed E-state index contributed by atoms with van der Waals surface area (Å²) in [6.45, 7) is 9.98. The summed E-state index contributed by atoms with van der Waals surface area (Å²) in [7, 11) is 0. The van der Waals surface area contributed by atoms with Crippen molar-refractivity contribution in [1.82, 2.24) is 10.2 Å². The van der Waals surface area contributed by atoms with Crippen LogP contribution < -0.4 is 5.32 Å². The van der Waals surface area contributed by atoms with Crippen molar-refractivity contribution in [3.63, 3.8) is 0 Å². The Morgan fingerprint density at radius 2 is 1.94 bits per heavy atom. The van der Waals surface area contributed by atoms with Crippen LogP contribution in [0.5, 0.6) is 0 Å². The molecular weight excluding hydrogens is 196 g/mol. The molecule has 0 spiro atoms. The van der Waals surface area contributed by atoms with Gasteiger partial charge in [-0.2, -0.15) is 0 Å². The van der Waals surface area contributed by atoms with Gasteiger partial charge < -0.3 is 10.2 Å². The van der Waals surface area contributed by atoms with Crippen LogP contribution in [0.4, 0.5) is 0 Å². The van der Waals surface area contributed by atoms with E-state index in [1.54, 1.807) is 0 Å². The number of rotatable bonds is 5. The van der Waals surface area contributed by atoms with Gasteiger partial charge in [0.05, 0.1) is 0 Å². The summed E-state index contributed by atoms with van der Waals surface area (Å²) in [6.07, 6.45) is 7.09. The highest BCUT2D eigenvalue weighted by molar-refractivity contribution is 4.81. The van der Waals surface area contributed by atoms with Gasteiger partial charge in [-0.1, -0.05) is 20.3 Å². The van der Waals surface area contributed by atoms with Crippen LogP contribution in [0.3, 0.4) is 0 Å². The van der Waals surface area contributed by atoms with Gasteiger partial charge in [0.1, 0.15) is 0 Å². The molecule has 1 aliphatic carbocycles. The van der Waals surface area contributed by atoms with E-state index in [4.69, 9.17) is 0 Å². The van der Waals surface area contributed by atoms with Crippen molar-refractivity contribution in [1.29, 1.82) is 0 Å². The highest BCUT2D eigenvalue weighted by atomic mass is 15.1. The summed E-state index contributed by atoms with van der Waals surface area (Å²) in [5, 5.41) is 3.78. The zero-order valence-corrected chi connectivity index (χ0v) is 11.0. The van der Waals surface area contributed by atoms with E-state index < -0.39 is 0 Å². The van der Waals surface area contributed by atoms with Gasteiger partial charge in [0.2, 0.25) is 0 Å². The molecule has 1 saturated carbocycles. The normalized spacial score (nSPS) is 33.4. The van der Waals surface area contributed by atoms with E-state index in [0.717, 1.165) is 17.9 Å². The monoisotopic (exact) mass is 224 g/mol. The van der Waals surface area contributed by atoms with Gasteiger partial charge in [-0.3, -0.25) is 0 Å². The van der Waals surface area contributed by atoms with Crippen molar-refractivity contribution >= 4 is 0 Å². The summed E-state index contributed by atoms with van der Waals surface area (Å²) >= 11 is 0. The average molecular weight is 224 g/mol. The summed E-state index contributed by atoms with van der Waals surface area (Å²) in [5.74, 6) is 1.71. The number of likely N-dealkylation sites (tertiary alicyclic amines) is 1. The lowest BCUT2D eigenvalue weighted by Gasteiger charge is -2.23. The molecule has 2 nitrogen and oxygen atoms in total. The third kappa shape index (κ3) is 3.46. The quantitative estimate of drug-likeness (QED) is 0.772. The van der Waals surface area contributed by atoms with Gasteiger partial charge in [0, 0.05) is 12.6 Å². The van der Waals surface area contributed by atoms with Gasteiger partial charge in [0.15, 0.2) is 0 Å². The highest BCUT2D eigenvalue weighted by Gasteiger charge is 2.23. The van der Waals surface area contributed by atoms with Crippen LogP contribution in [0.25, 0.3) is 0 Å². The molecule has 2 fully saturated rings. The summed E-state index contributed by atoms with van der Waals surface area (Å²) in [6, 6.07) is 0.807. The molecule has 2 heteroatoms. The molecule has 16 heavy (non-hydrogen) atoms. The Morgan fingerprint density at radius 3 is 2.56 bits per heavy atom. The molecule has 1 aliphatic heterocycles. The van der Waals surface area contributed by atoms with Crippen molar-refractivity contribution in [2.45, 2.75) is 52.0 Å². The Labute approximate surface area is 101 Å². The highest BCUT2D eigenvalue weighted by Crippen LogP contribution is 2.24. The molecule has 0 amide bonds. The van der Waals surface area contributed by atoms with Gasteiger partial charge >= 0.3 is 0 Å². The van der Waals surface area contributed by atoms with Crippen LogP contribution >= 0.6 is 0 Å². The number of nitrogens with one attached hydrogen (secondary N) is 1. The average Bonchev–Trinajstić information content (AvgIpc) is 2.87. The van der Waals surface area contributed by atoms with E-state index >= 15 is 0 Å². The number of hydrogen-bond acceptors (Lipinski definition) is 2. The first kappa shape index (κ1) is 12.4. The van der Waals surface area contributed by atoms with E-state index in [9.17, 15) is 0 Å². The molecule has 3 atom stereocenters. The fraction of sp³-hybridized carbons (Fsp3) is 1.00. The summed E-state index contributed by atoms with van der Waals surface area (Å²) in [5.41, 5.74) is 0. The molecule has 0 radical (unpaired) electrons. The lowest BCUT2D eigenvalue weighted by Crippen LogP contribution is -2.37. The molecule has 0 aromatic heterocycles. The molecule has 2 rings (SSSR count). The molecule has 94 valence electrons. The van der Waals surface area contributed by atoms with Crippen LogP contribution in [0.15, 0.2) is 0 Å². The van der Waals surface area contributed by atoms with E-state index in [1.165, 1.54) is 58.3 Å². The van der Waals surface area contributed by atoms with Gasteiger partial charge in [-0.05, 0) is 57.2 Å². The Morgan fingerprint density at radius 1 is 1.19 bits per heavy atom. The Kier molecular flexibility index (Phi) is 4.66. The Balaban J connectivity index is 1.61. The molecule has 3 unspecified atom stereocenters. The fourth-order valence-electron chi connectivity index (χ4n) is 3.27. The fourth-order valence-corrected chi connectivity index (χ4v) is 3.27. The van der Waals surface area contributed by atoms with E-state index in [2.05, 4.69) is 24.1 Å². The third-order valence-corrected chi connectivity index (χ3v) is 4.36. The van der Waals surface area contributed by atoms with E-state index in [0.29, 0.717) is 0 Å². The minimum absolute atomic E-state index is 0.807. The van der Waals surface area contributed by atoms with Crippen molar-refractivity contribution in [3.8, 4) is 0 Å². The van der Waals surface area contributed by atoms with Crippen LogP contribution in [-0.2, 0) is 0 Å². The predicted octanol–water partition coefficient (Wildman–Crippen LogP) is 2.50. The van der Waals surface area contributed by atoms with Crippen LogP contribution in [-0.4, -0.2) is 37.1 Å². The van der Waals surface area contributed by atoms with Crippen LogP contribution in [0.1, 0.15) is 46.0 Å². The minimum atomic E-state index is 0.807. The first-order valence-corrected chi connectivity index (χ1v) is 7.21. The Bertz CT molecular complexity index is 199. The lowest BCUT2D eigenvalue weighted by atomic mass is 10.1. The van der Waals surface area contributed by atoms with Crippen molar-refractivity contribution in [3.05, 3.63) is 0 Å². The van der Waals surface area contributed by atoms with Crippen LogP contribution in [0, 0.1) is 11.8 Å². The maximum Gasteiger partial charge on any atom is 0.00928 e. The standard InChI is InChI=1S/C14H28N2/c1-12(11-16-8-3-4-9-16)10-15-14-7-5-6-13(14)2/h12-15H,3-11H2,1-2H3. The number of nitrogens with zero attached hydrogens (tertiary/aromatic N) is 1. The van der Waals surface area contributed by atoms with Gasteiger partial charge in [-0.25, -0.2) is 0 Å². The number of hydrogen-bond donors (Lipinski definition) is 1. The molecular formula is C14H28N2. The largest absolute Gasteiger partial charge is 0.313 e. The first-order valence-electron chi connectivity index (χ1n) is 7.21. The van der Waals surface area contributed by atoms with Crippen LogP contribution in [0.2, 0.25) is 0 Å². The maximum atomic E-state index is 3.78. The second-order valence-electron chi connectivity index (χ2n) is 6.04. The minimum Gasteiger partial charge on any atom is -0.313 e. The molecule has 1 heterocycles. The maximum absolute atomic E-state index is 3.78. The SMILES string of the molecule is CC(CNC1CCCC1C)CN1CCCC1. The van der Waals surface area contributed by atoms with Crippen molar-refractivity contribution in [2.75, 3.05) is 26.2 Å². The Hall–Kier alpha value is -0.0800.